The second-order valence-electron chi connectivity index (χ2n) is 3.74. The number of hydrogen-bond donors (Lipinski definition) is 3. The Bertz CT molecular complexity index is 361. The molecule has 1 aromatic heterocycles. The summed E-state index contributed by atoms with van der Waals surface area (Å²) in [5.74, 6) is 0.453. The van der Waals surface area contributed by atoms with E-state index in [4.69, 9.17) is 5.73 Å². The first kappa shape index (κ1) is 19.3. The van der Waals surface area contributed by atoms with Gasteiger partial charge in [-0.2, -0.15) is 0 Å². The van der Waals surface area contributed by atoms with Crippen molar-refractivity contribution in [3.05, 3.63) is 23.9 Å². The van der Waals surface area contributed by atoms with Crippen molar-refractivity contribution in [2.24, 2.45) is 5.73 Å². The molecule has 4 N–H and O–H groups in total. The van der Waals surface area contributed by atoms with E-state index >= 15 is 0 Å². The lowest BCUT2D eigenvalue weighted by Crippen LogP contribution is -2.30. The van der Waals surface area contributed by atoms with Gasteiger partial charge in [0.2, 0.25) is 0 Å². The summed E-state index contributed by atoms with van der Waals surface area (Å²) in [6.07, 6.45) is 1.66. The van der Waals surface area contributed by atoms with Crippen molar-refractivity contribution >= 4 is 36.5 Å². The Labute approximate surface area is 120 Å². The Morgan fingerprint density at radius 2 is 2.11 bits per heavy atom. The topological polar surface area (TPSA) is 80.0 Å². The molecule has 0 aliphatic rings. The molecule has 0 fully saturated rings. The van der Waals surface area contributed by atoms with Crippen molar-refractivity contribution in [3.63, 3.8) is 0 Å². The molecule has 0 atom stereocenters. The third kappa shape index (κ3) is 6.05. The normalized spacial score (nSPS) is 9.11. The minimum absolute atomic E-state index is 0. The van der Waals surface area contributed by atoms with Gasteiger partial charge in [-0.1, -0.05) is 0 Å². The Hall–Kier alpha value is -1.04. The molecule has 0 saturated heterocycles. The van der Waals surface area contributed by atoms with Gasteiger partial charge in [0.15, 0.2) is 0 Å². The lowest BCUT2D eigenvalue weighted by molar-refractivity contribution is 0.0955. The fraction of sp³-hybridized carbons (Fsp3) is 0.455. The number of amides is 1. The first-order chi connectivity index (χ1) is 7.65. The van der Waals surface area contributed by atoms with E-state index in [1.165, 1.54) is 0 Å². The number of nitrogens with zero attached hydrogens (tertiary/aromatic N) is 1. The van der Waals surface area contributed by atoms with Gasteiger partial charge in [0.25, 0.3) is 5.91 Å². The summed E-state index contributed by atoms with van der Waals surface area (Å²) >= 11 is 0. The largest absolute Gasteiger partial charge is 0.367 e. The molecule has 0 aliphatic heterocycles. The van der Waals surface area contributed by atoms with Crippen LogP contribution in [-0.4, -0.2) is 30.0 Å². The van der Waals surface area contributed by atoms with Gasteiger partial charge in [-0.05, 0) is 26.0 Å². The summed E-state index contributed by atoms with van der Waals surface area (Å²) in [5.41, 5.74) is 5.87. The molecule has 0 aliphatic carbocycles. The predicted molar refractivity (Wildman–Crippen MR) is 78.9 cm³/mol. The second-order valence-corrected chi connectivity index (χ2v) is 3.74. The van der Waals surface area contributed by atoms with Crippen LogP contribution in [0.15, 0.2) is 18.3 Å². The fourth-order valence-corrected chi connectivity index (χ4v) is 1.26. The van der Waals surface area contributed by atoms with Gasteiger partial charge in [-0.3, -0.25) is 4.79 Å². The van der Waals surface area contributed by atoms with Crippen LogP contribution in [0.3, 0.4) is 0 Å². The van der Waals surface area contributed by atoms with Gasteiger partial charge in [-0.25, -0.2) is 4.98 Å². The highest BCUT2D eigenvalue weighted by molar-refractivity contribution is 5.98. The molecule has 0 unspecified atom stereocenters. The van der Waals surface area contributed by atoms with Crippen LogP contribution in [0.25, 0.3) is 0 Å². The standard InChI is InChI=1S/C11H18N4O.2ClH/c1-8(2)15-10-9(4-3-6-13-10)11(16)14-7-5-12;;/h3-4,6,8H,5,7,12H2,1-2H3,(H,13,15)(H,14,16);2*1H. The molecule has 0 radical (unpaired) electrons. The first-order valence-corrected chi connectivity index (χ1v) is 5.35. The SMILES string of the molecule is CC(C)Nc1ncccc1C(=O)NCCN.Cl.Cl. The number of halogens is 2. The van der Waals surface area contributed by atoms with E-state index in [2.05, 4.69) is 15.6 Å². The van der Waals surface area contributed by atoms with Crippen LogP contribution in [0.5, 0.6) is 0 Å². The fourth-order valence-electron chi connectivity index (χ4n) is 1.26. The van der Waals surface area contributed by atoms with Crippen LogP contribution in [0.4, 0.5) is 5.82 Å². The van der Waals surface area contributed by atoms with Crippen molar-refractivity contribution in [1.29, 1.82) is 0 Å². The highest BCUT2D eigenvalue weighted by Gasteiger charge is 2.11. The molecule has 1 heterocycles. The van der Waals surface area contributed by atoms with Crippen molar-refractivity contribution < 1.29 is 4.79 Å². The molecule has 0 bridgehead atoms. The number of carbonyl (C=O) groups excluding carboxylic acids is 1. The van der Waals surface area contributed by atoms with Crippen molar-refractivity contribution in [1.82, 2.24) is 10.3 Å². The number of nitrogens with one attached hydrogen (secondary N) is 2. The average molecular weight is 295 g/mol. The third-order valence-electron chi connectivity index (χ3n) is 1.91. The molecule has 18 heavy (non-hydrogen) atoms. The van der Waals surface area contributed by atoms with Gasteiger partial charge < -0.3 is 16.4 Å². The van der Waals surface area contributed by atoms with Crippen LogP contribution >= 0.6 is 24.8 Å². The summed E-state index contributed by atoms with van der Waals surface area (Å²) < 4.78 is 0. The summed E-state index contributed by atoms with van der Waals surface area (Å²) in [7, 11) is 0. The van der Waals surface area contributed by atoms with Gasteiger partial charge >= 0.3 is 0 Å². The van der Waals surface area contributed by atoms with Crippen LogP contribution in [0.2, 0.25) is 0 Å². The summed E-state index contributed by atoms with van der Waals surface area (Å²) in [5, 5.41) is 5.85. The number of anilines is 1. The highest BCUT2D eigenvalue weighted by Crippen LogP contribution is 2.12. The summed E-state index contributed by atoms with van der Waals surface area (Å²) in [4.78, 5) is 15.9. The second kappa shape index (κ2) is 9.94. The number of nitrogens with two attached hydrogens (primary N) is 1. The lowest BCUT2D eigenvalue weighted by atomic mass is 10.2. The number of carbonyl (C=O) groups is 1. The van der Waals surface area contributed by atoms with E-state index in [1.807, 2.05) is 13.8 Å². The third-order valence-corrected chi connectivity index (χ3v) is 1.91. The molecular weight excluding hydrogens is 275 g/mol. The Kier molecular flexibility index (Phi) is 10.7. The van der Waals surface area contributed by atoms with E-state index in [1.54, 1.807) is 18.3 Å². The van der Waals surface area contributed by atoms with E-state index in [0.29, 0.717) is 24.5 Å². The minimum Gasteiger partial charge on any atom is -0.367 e. The van der Waals surface area contributed by atoms with Crippen molar-refractivity contribution in [3.8, 4) is 0 Å². The zero-order valence-electron chi connectivity index (χ0n) is 10.5. The monoisotopic (exact) mass is 294 g/mol. The van der Waals surface area contributed by atoms with E-state index in [9.17, 15) is 4.79 Å². The Balaban J connectivity index is 0. The Morgan fingerprint density at radius 1 is 1.44 bits per heavy atom. The first-order valence-electron chi connectivity index (χ1n) is 5.35. The molecule has 104 valence electrons. The zero-order chi connectivity index (χ0) is 12.0. The molecular formula is C11H20Cl2N4O. The predicted octanol–water partition coefficient (Wildman–Crippen LogP) is 1.43. The van der Waals surface area contributed by atoms with Crippen LogP contribution in [0, 0.1) is 0 Å². The number of pyridine rings is 1. The maximum atomic E-state index is 11.8. The Morgan fingerprint density at radius 3 is 2.67 bits per heavy atom. The van der Waals surface area contributed by atoms with Gasteiger partial charge in [0, 0.05) is 25.3 Å². The quantitative estimate of drug-likeness (QED) is 0.768. The maximum Gasteiger partial charge on any atom is 0.255 e. The molecule has 7 heteroatoms. The highest BCUT2D eigenvalue weighted by atomic mass is 35.5. The van der Waals surface area contributed by atoms with Crippen LogP contribution < -0.4 is 16.4 Å². The summed E-state index contributed by atoms with van der Waals surface area (Å²) in [6, 6.07) is 3.71. The van der Waals surface area contributed by atoms with Gasteiger partial charge in [0.05, 0.1) is 5.56 Å². The molecule has 1 aromatic rings. The average Bonchev–Trinajstić information content (AvgIpc) is 2.26. The van der Waals surface area contributed by atoms with Crippen LogP contribution in [0.1, 0.15) is 24.2 Å². The molecule has 0 aromatic carbocycles. The number of rotatable bonds is 5. The van der Waals surface area contributed by atoms with E-state index in [-0.39, 0.29) is 36.8 Å². The van der Waals surface area contributed by atoms with Crippen molar-refractivity contribution in [2.75, 3.05) is 18.4 Å². The van der Waals surface area contributed by atoms with E-state index in [0.717, 1.165) is 0 Å². The molecule has 5 nitrogen and oxygen atoms in total. The van der Waals surface area contributed by atoms with Gasteiger partial charge in [-0.15, -0.1) is 24.8 Å². The number of hydrogen-bond acceptors (Lipinski definition) is 4. The summed E-state index contributed by atoms with van der Waals surface area (Å²) in [6.45, 7) is 4.89. The van der Waals surface area contributed by atoms with Crippen molar-refractivity contribution in [2.45, 2.75) is 19.9 Å². The molecule has 1 rings (SSSR count). The zero-order valence-corrected chi connectivity index (χ0v) is 12.1. The number of aromatic nitrogens is 1. The minimum atomic E-state index is -0.151. The van der Waals surface area contributed by atoms with Gasteiger partial charge in [0.1, 0.15) is 5.82 Å². The lowest BCUT2D eigenvalue weighted by Gasteiger charge is -2.12. The molecule has 1 amide bonds. The smallest absolute Gasteiger partial charge is 0.255 e. The molecule has 0 spiro atoms. The van der Waals surface area contributed by atoms with Crippen LogP contribution in [-0.2, 0) is 0 Å². The molecule has 0 saturated carbocycles. The van der Waals surface area contributed by atoms with E-state index < -0.39 is 0 Å². The maximum absolute atomic E-state index is 11.8.